The summed E-state index contributed by atoms with van der Waals surface area (Å²) in [7, 11) is -3.80. The molecule has 9 heteroatoms. The van der Waals surface area contributed by atoms with Gasteiger partial charge in [0.15, 0.2) is 0 Å². The molecule has 1 amide bonds. The predicted octanol–water partition coefficient (Wildman–Crippen LogP) is -1.04. The van der Waals surface area contributed by atoms with Gasteiger partial charge in [-0.3, -0.25) is 4.90 Å². The zero-order valence-corrected chi connectivity index (χ0v) is 12.6. The zero-order valence-electron chi connectivity index (χ0n) is 11.8. The van der Waals surface area contributed by atoms with Crippen molar-refractivity contribution in [1.29, 1.82) is 0 Å². The fourth-order valence-electron chi connectivity index (χ4n) is 2.25. The molecule has 0 saturated carbocycles. The summed E-state index contributed by atoms with van der Waals surface area (Å²) < 4.78 is 32.1. The fourth-order valence-corrected chi connectivity index (χ4v) is 3.28. The van der Waals surface area contributed by atoms with Crippen LogP contribution in [-0.4, -0.2) is 75.1 Å². The number of carbonyl (C=O) groups excluding carboxylic acids is 1. The standard InChI is InChI=1S/C11H22N4O4S/c1-9(2)19-11(16)13-20(17,18)15-5-3-14(4-6-15)10-7-12-8-10/h9-10,12H,3-8H2,1-2H3,(H,13,16). The van der Waals surface area contributed by atoms with Crippen molar-refractivity contribution in [2.24, 2.45) is 0 Å². The molecule has 0 aromatic rings. The minimum absolute atomic E-state index is 0.354. The lowest BCUT2D eigenvalue weighted by molar-refractivity contribution is 0.101. The minimum atomic E-state index is -3.80. The minimum Gasteiger partial charge on any atom is -0.446 e. The van der Waals surface area contributed by atoms with Crippen LogP contribution < -0.4 is 10.0 Å². The number of nitrogens with one attached hydrogen (secondary N) is 2. The van der Waals surface area contributed by atoms with E-state index in [-0.39, 0.29) is 6.10 Å². The van der Waals surface area contributed by atoms with Crippen molar-refractivity contribution in [1.82, 2.24) is 19.2 Å². The highest BCUT2D eigenvalue weighted by atomic mass is 32.2. The average molecular weight is 306 g/mol. The number of hydrogen-bond acceptors (Lipinski definition) is 6. The quantitative estimate of drug-likeness (QED) is 0.689. The van der Waals surface area contributed by atoms with Crippen LogP contribution in [0.25, 0.3) is 0 Å². The molecule has 0 aromatic carbocycles. The number of carbonyl (C=O) groups is 1. The van der Waals surface area contributed by atoms with Gasteiger partial charge in [0.25, 0.3) is 0 Å². The van der Waals surface area contributed by atoms with Crippen molar-refractivity contribution in [3.8, 4) is 0 Å². The van der Waals surface area contributed by atoms with Gasteiger partial charge < -0.3 is 10.1 Å². The summed E-state index contributed by atoms with van der Waals surface area (Å²) >= 11 is 0. The third-order valence-corrected chi connectivity index (χ3v) is 4.91. The van der Waals surface area contributed by atoms with E-state index < -0.39 is 16.3 Å². The Morgan fingerprint density at radius 2 is 1.85 bits per heavy atom. The van der Waals surface area contributed by atoms with Gasteiger partial charge in [0.1, 0.15) is 0 Å². The van der Waals surface area contributed by atoms with Crippen molar-refractivity contribution >= 4 is 16.3 Å². The van der Waals surface area contributed by atoms with E-state index in [0.29, 0.717) is 32.2 Å². The monoisotopic (exact) mass is 306 g/mol. The zero-order chi connectivity index (χ0) is 14.8. The van der Waals surface area contributed by atoms with Gasteiger partial charge >= 0.3 is 16.3 Å². The van der Waals surface area contributed by atoms with E-state index in [1.165, 1.54) is 4.31 Å². The first-order valence-corrected chi connectivity index (χ1v) is 8.26. The highest BCUT2D eigenvalue weighted by Crippen LogP contribution is 2.11. The number of hydrogen-bond donors (Lipinski definition) is 2. The lowest BCUT2D eigenvalue weighted by Gasteiger charge is -2.42. The maximum atomic E-state index is 12.0. The lowest BCUT2D eigenvalue weighted by atomic mass is 10.1. The molecule has 2 N–H and O–H groups in total. The van der Waals surface area contributed by atoms with Crippen LogP contribution in [0.4, 0.5) is 4.79 Å². The van der Waals surface area contributed by atoms with Gasteiger partial charge in [0.2, 0.25) is 0 Å². The van der Waals surface area contributed by atoms with E-state index in [0.717, 1.165) is 13.1 Å². The molecule has 0 aliphatic carbocycles. The molecule has 0 aromatic heterocycles. The number of amides is 1. The molecule has 2 heterocycles. The van der Waals surface area contributed by atoms with Crippen LogP contribution in [0, 0.1) is 0 Å². The second kappa shape index (κ2) is 6.25. The Hall–Kier alpha value is -0.900. The Morgan fingerprint density at radius 3 is 2.30 bits per heavy atom. The van der Waals surface area contributed by atoms with Crippen LogP contribution in [0.2, 0.25) is 0 Å². The highest BCUT2D eigenvalue weighted by Gasteiger charge is 2.33. The third-order valence-electron chi connectivity index (χ3n) is 3.44. The van der Waals surface area contributed by atoms with E-state index in [1.54, 1.807) is 13.8 Å². The highest BCUT2D eigenvalue weighted by molar-refractivity contribution is 7.87. The number of nitrogens with zero attached hydrogens (tertiary/aromatic N) is 2. The molecule has 116 valence electrons. The molecule has 0 atom stereocenters. The molecular weight excluding hydrogens is 284 g/mol. The Balaban J connectivity index is 1.83. The summed E-state index contributed by atoms with van der Waals surface area (Å²) in [5.41, 5.74) is 0. The van der Waals surface area contributed by atoms with Gasteiger partial charge in [0, 0.05) is 45.3 Å². The summed E-state index contributed by atoms with van der Waals surface area (Å²) in [4.78, 5) is 13.7. The topological polar surface area (TPSA) is 91.0 Å². The van der Waals surface area contributed by atoms with E-state index in [1.807, 2.05) is 4.72 Å². The van der Waals surface area contributed by atoms with Crippen LogP contribution in [0.5, 0.6) is 0 Å². The fraction of sp³-hybridized carbons (Fsp3) is 0.909. The van der Waals surface area contributed by atoms with Crippen molar-refractivity contribution in [2.75, 3.05) is 39.3 Å². The van der Waals surface area contributed by atoms with Gasteiger partial charge in [-0.15, -0.1) is 0 Å². The average Bonchev–Trinajstić information content (AvgIpc) is 2.25. The molecule has 2 fully saturated rings. The summed E-state index contributed by atoms with van der Waals surface area (Å²) in [5, 5.41) is 3.20. The summed E-state index contributed by atoms with van der Waals surface area (Å²) in [6, 6.07) is 0.513. The van der Waals surface area contributed by atoms with Crippen molar-refractivity contribution in [3.05, 3.63) is 0 Å². The second-order valence-electron chi connectivity index (χ2n) is 5.31. The molecule has 2 saturated heterocycles. The Kier molecular flexibility index (Phi) is 4.84. The van der Waals surface area contributed by atoms with Gasteiger partial charge in [-0.2, -0.15) is 12.7 Å². The molecule has 0 unspecified atom stereocenters. The van der Waals surface area contributed by atoms with E-state index in [9.17, 15) is 13.2 Å². The molecule has 8 nitrogen and oxygen atoms in total. The first-order chi connectivity index (χ1) is 9.38. The summed E-state index contributed by atoms with van der Waals surface area (Å²) in [5.74, 6) is 0. The molecule has 2 aliphatic heterocycles. The Labute approximate surface area is 119 Å². The Bertz CT molecular complexity index is 441. The predicted molar refractivity (Wildman–Crippen MR) is 73.5 cm³/mol. The lowest BCUT2D eigenvalue weighted by Crippen LogP contribution is -2.62. The second-order valence-corrected chi connectivity index (χ2v) is 6.98. The largest absolute Gasteiger partial charge is 0.446 e. The van der Waals surface area contributed by atoms with Gasteiger partial charge in [-0.1, -0.05) is 0 Å². The van der Waals surface area contributed by atoms with Crippen LogP contribution in [0.3, 0.4) is 0 Å². The number of piperazine rings is 1. The number of rotatable bonds is 4. The van der Waals surface area contributed by atoms with Crippen LogP contribution in [0.1, 0.15) is 13.8 Å². The number of ether oxygens (including phenoxy) is 1. The first-order valence-electron chi connectivity index (χ1n) is 6.82. The van der Waals surface area contributed by atoms with E-state index in [2.05, 4.69) is 10.2 Å². The molecule has 0 bridgehead atoms. The summed E-state index contributed by atoms with van der Waals surface area (Å²) in [6.45, 7) is 7.41. The molecular formula is C11H22N4O4S. The van der Waals surface area contributed by atoms with Crippen molar-refractivity contribution in [3.63, 3.8) is 0 Å². The van der Waals surface area contributed by atoms with Crippen LogP contribution in [-0.2, 0) is 14.9 Å². The van der Waals surface area contributed by atoms with Gasteiger partial charge in [-0.25, -0.2) is 9.52 Å². The molecule has 2 aliphatic rings. The molecule has 2 rings (SSSR count). The molecule has 0 spiro atoms. The van der Waals surface area contributed by atoms with Crippen LogP contribution in [0.15, 0.2) is 0 Å². The maximum absolute atomic E-state index is 12.0. The first kappa shape index (κ1) is 15.5. The molecule has 20 heavy (non-hydrogen) atoms. The summed E-state index contributed by atoms with van der Waals surface area (Å²) in [6.07, 6.45) is -1.28. The molecule has 0 radical (unpaired) electrons. The van der Waals surface area contributed by atoms with E-state index in [4.69, 9.17) is 4.74 Å². The van der Waals surface area contributed by atoms with Crippen molar-refractivity contribution in [2.45, 2.75) is 26.0 Å². The smallest absolute Gasteiger partial charge is 0.422 e. The van der Waals surface area contributed by atoms with Gasteiger partial charge in [-0.05, 0) is 13.8 Å². The van der Waals surface area contributed by atoms with Crippen molar-refractivity contribution < 1.29 is 17.9 Å². The SMILES string of the molecule is CC(C)OC(=O)NS(=O)(=O)N1CCN(C2CNC2)CC1. The van der Waals surface area contributed by atoms with E-state index >= 15 is 0 Å². The Morgan fingerprint density at radius 1 is 1.25 bits per heavy atom. The third kappa shape index (κ3) is 3.81. The maximum Gasteiger partial charge on any atom is 0.422 e. The van der Waals surface area contributed by atoms with Crippen LogP contribution >= 0.6 is 0 Å². The van der Waals surface area contributed by atoms with Gasteiger partial charge in [0.05, 0.1) is 6.10 Å². The normalized spacial score (nSPS) is 22.6.